The average molecular weight is 225 g/mol. The number of likely N-dealkylation sites (tertiary alicyclic amines) is 1. The molecule has 1 aliphatic heterocycles. The Morgan fingerprint density at radius 2 is 2.06 bits per heavy atom. The highest BCUT2D eigenvalue weighted by atomic mass is 16.4. The summed E-state index contributed by atoms with van der Waals surface area (Å²) in [5.41, 5.74) is 0.391. The first-order valence-electron chi connectivity index (χ1n) is 6.59. The maximum absolute atomic E-state index is 11.3. The maximum Gasteiger partial charge on any atom is 0.321 e. The maximum atomic E-state index is 11.3. The van der Waals surface area contributed by atoms with Crippen LogP contribution in [0.5, 0.6) is 0 Å². The SMILES string of the molecule is CCC1(CC)CCN(C(C(=O)O)C2CC2)C1. The van der Waals surface area contributed by atoms with E-state index in [-0.39, 0.29) is 6.04 Å². The van der Waals surface area contributed by atoms with Gasteiger partial charge in [0, 0.05) is 6.54 Å². The highest BCUT2D eigenvalue weighted by Gasteiger charge is 2.45. The molecule has 2 fully saturated rings. The van der Waals surface area contributed by atoms with E-state index in [1.807, 2.05) is 0 Å². The molecule has 1 heterocycles. The summed E-state index contributed by atoms with van der Waals surface area (Å²) < 4.78 is 0. The van der Waals surface area contributed by atoms with Gasteiger partial charge in [-0.05, 0) is 50.0 Å². The van der Waals surface area contributed by atoms with Crippen molar-refractivity contribution in [3.05, 3.63) is 0 Å². The van der Waals surface area contributed by atoms with Gasteiger partial charge in [-0.1, -0.05) is 13.8 Å². The van der Waals surface area contributed by atoms with Crippen LogP contribution >= 0.6 is 0 Å². The third-order valence-corrected chi connectivity index (χ3v) is 4.68. The van der Waals surface area contributed by atoms with Crippen LogP contribution in [0.4, 0.5) is 0 Å². The van der Waals surface area contributed by atoms with Crippen LogP contribution in [0.2, 0.25) is 0 Å². The molecule has 1 N–H and O–H groups in total. The summed E-state index contributed by atoms with van der Waals surface area (Å²) in [6.07, 6.45) is 5.75. The van der Waals surface area contributed by atoms with Gasteiger partial charge in [0.05, 0.1) is 0 Å². The minimum atomic E-state index is -0.606. The molecule has 0 aromatic carbocycles. The Morgan fingerprint density at radius 3 is 2.44 bits per heavy atom. The molecule has 2 aliphatic rings. The molecule has 0 amide bonds. The lowest BCUT2D eigenvalue weighted by Crippen LogP contribution is -2.42. The van der Waals surface area contributed by atoms with E-state index in [0.717, 1.165) is 25.9 Å². The summed E-state index contributed by atoms with van der Waals surface area (Å²) in [4.78, 5) is 13.5. The van der Waals surface area contributed by atoms with Gasteiger partial charge in [-0.3, -0.25) is 9.69 Å². The number of carboxylic acids is 1. The standard InChI is InChI=1S/C13H23NO2/c1-3-13(4-2)7-8-14(9-13)11(12(15)16)10-5-6-10/h10-11H,3-9H2,1-2H3,(H,15,16). The predicted octanol–water partition coefficient (Wildman–Crippen LogP) is 2.36. The lowest BCUT2D eigenvalue weighted by molar-refractivity contribution is -0.143. The van der Waals surface area contributed by atoms with Gasteiger partial charge in [0.25, 0.3) is 0 Å². The first-order valence-corrected chi connectivity index (χ1v) is 6.59. The Morgan fingerprint density at radius 1 is 1.44 bits per heavy atom. The van der Waals surface area contributed by atoms with Gasteiger partial charge in [-0.15, -0.1) is 0 Å². The minimum Gasteiger partial charge on any atom is -0.480 e. The number of nitrogens with zero attached hydrogens (tertiary/aromatic N) is 1. The van der Waals surface area contributed by atoms with Crippen LogP contribution in [0.3, 0.4) is 0 Å². The van der Waals surface area contributed by atoms with Crippen molar-refractivity contribution in [2.75, 3.05) is 13.1 Å². The molecule has 2 rings (SSSR count). The van der Waals surface area contributed by atoms with E-state index < -0.39 is 5.97 Å². The largest absolute Gasteiger partial charge is 0.480 e. The van der Waals surface area contributed by atoms with E-state index in [0.29, 0.717) is 11.3 Å². The van der Waals surface area contributed by atoms with Crippen molar-refractivity contribution in [2.45, 2.75) is 52.0 Å². The van der Waals surface area contributed by atoms with Gasteiger partial charge in [0.2, 0.25) is 0 Å². The molecule has 1 unspecified atom stereocenters. The number of hydrogen-bond donors (Lipinski definition) is 1. The van der Waals surface area contributed by atoms with Gasteiger partial charge in [0.15, 0.2) is 0 Å². The number of carboxylic acid groups (broad SMARTS) is 1. The highest BCUT2D eigenvalue weighted by Crippen LogP contribution is 2.42. The van der Waals surface area contributed by atoms with E-state index in [1.54, 1.807) is 0 Å². The van der Waals surface area contributed by atoms with Crippen molar-refractivity contribution in [3.63, 3.8) is 0 Å². The molecule has 0 spiro atoms. The molecule has 1 aliphatic carbocycles. The summed E-state index contributed by atoms with van der Waals surface area (Å²) in [7, 11) is 0. The number of aliphatic carboxylic acids is 1. The summed E-state index contributed by atoms with van der Waals surface area (Å²) in [5.74, 6) is -0.174. The zero-order chi connectivity index (χ0) is 11.8. The molecule has 1 saturated carbocycles. The van der Waals surface area contributed by atoms with Crippen molar-refractivity contribution in [2.24, 2.45) is 11.3 Å². The fourth-order valence-corrected chi connectivity index (χ4v) is 3.10. The second-order valence-electron chi connectivity index (χ2n) is 5.55. The Balaban J connectivity index is 2.03. The second-order valence-corrected chi connectivity index (χ2v) is 5.55. The molecule has 0 bridgehead atoms. The normalized spacial score (nSPS) is 26.9. The zero-order valence-electron chi connectivity index (χ0n) is 10.4. The third-order valence-electron chi connectivity index (χ3n) is 4.68. The van der Waals surface area contributed by atoms with Gasteiger partial charge in [-0.25, -0.2) is 0 Å². The lowest BCUT2D eigenvalue weighted by atomic mass is 9.82. The van der Waals surface area contributed by atoms with Gasteiger partial charge < -0.3 is 5.11 Å². The molecule has 16 heavy (non-hydrogen) atoms. The Kier molecular flexibility index (Phi) is 3.24. The second kappa shape index (κ2) is 4.36. The van der Waals surface area contributed by atoms with E-state index in [9.17, 15) is 9.90 Å². The smallest absolute Gasteiger partial charge is 0.321 e. The van der Waals surface area contributed by atoms with Crippen LogP contribution in [0.25, 0.3) is 0 Å². The molecular formula is C13H23NO2. The van der Waals surface area contributed by atoms with Crippen molar-refractivity contribution in [1.29, 1.82) is 0 Å². The van der Waals surface area contributed by atoms with Crippen molar-refractivity contribution < 1.29 is 9.90 Å². The predicted molar refractivity (Wildman–Crippen MR) is 63.4 cm³/mol. The Labute approximate surface area is 97.8 Å². The summed E-state index contributed by atoms with van der Waals surface area (Å²) in [6.45, 7) is 6.45. The molecule has 0 aromatic heterocycles. The summed E-state index contributed by atoms with van der Waals surface area (Å²) in [6, 6.07) is -0.194. The topological polar surface area (TPSA) is 40.5 Å². The third kappa shape index (κ3) is 2.10. The van der Waals surface area contributed by atoms with Gasteiger partial charge >= 0.3 is 5.97 Å². The molecule has 3 heteroatoms. The zero-order valence-corrected chi connectivity index (χ0v) is 10.4. The van der Waals surface area contributed by atoms with Gasteiger partial charge in [0.1, 0.15) is 6.04 Å². The van der Waals surface area contributed by atoms with E-state index >= 15 is 0 Å². The number of rotatable bonds is 5. The summed E-state index contributed by atoms with van der Waals surface area (Å²) in [5, 5.41) is 9.32. The monoisotopic (exact) mass is 225 g/mol. The van der Waals surface area contributed by atoms with Crippen LogP contribution < -0.4 is 0 Å². The van der Waals surface area contributed by atoms with Crippen LogP contribution in [0.15, 0.2) is 0 Å². The number of carbonyl (C=O) groups is 1. The van der Waals surface area contributed by atoms with E-state index in [2.05, 4.69) is 18.7 Å². The average Bonchev–Trinajstić information content (AvgIpc) is 2.98. The van der Waals surface area contributed by atoms with Crippen LogP contribution in [0.1, 0.15) is 46.0 Å². The molecule has 0 radical (unpaired) electrons. The molecule has 1 saturated heterocycles. The van der Waals surface area contributed by atoms with Crippen molar-refractivity contribution >= 4 is 5.97 Å². The fourth-order valence-electron chi connectivity index (χ4n) is 3.10. The molecule has 1 atom stereocenters. The van der Waals surface area contributed by atoms with E-state index in [4.69, 9.17) is 0 Å². The Hall–Kier alpha value is -0.570. The van der Waals surface area contributed by atoms with E-state index in [1.165, 1.54) is 19.3 Å². The fraction of sp³-hybridized carbons (Fsp3) is 0.923. The number of hydrogen-bond acceptors (Lipinski definition) is 2. The lowest BCUT2D eigenvalue weighted by Gasteiger charge is -2.29. The van der Waals surface area contributed by atoms with Crippen LogP contribution in [-0.4, -0.2) is 35.1 Å². The van der Waals surface area contributed by atoms with Crippen molar-refractivity contribution in [1.82, 2.24) is 4.90 Å². The first-order chi connectivity index (χ1) is 7.62. The van der Waals surface area contributed by atoms with Crippen LogP contribution in [0, 0.1) is 11.3 Å². The molecular weight excluding hydrogens is 202 g/mol. The van der Waals surface area contributed by atoms with Crippen LogP contribution in [-0.2, 0) is 4.79 Å². The van der Waals surface area contributed by atoms with Gasteiger partial charge in [-0.2, -0.15) is 0 Å². The molecule has 0 aromatic rings. The quantitative estimate of drug-likeness (QED) is 0.781. The minimum absolute atomic E-state index is 0.194. The molecule has 92 valence electrons. The highest BCUT2D eigenvalue weighted by molar-refractivity contribution is 5.74. The summed E-state index contributed by atoms with van der Waals surface area (Å²) >= 11 is 0. The first kappa shape index (κ1) is 11.9. The Bertz CT molecular complexity index is 269. The molecule has 3 nitrogen and oxygen atoms in total. The van der Waals surface area contributed by atoms with Crippen molar-refractivity contribution in [3.8, 4) is 0 Å².